The van der Waals surface area contributed by atoms with E-state index in [9.17, 15) is 13.2 Å². The van der Waals surface area contributed by atoms with Gasteiger partial charge in [0, 0.05) is 44.9 Å². The first-order chi connectivity index (χ1) is 11.3. The van der Waals surface area contributed by atoms with Crippen LogP contribution in [0.15, 0.2) is 12.5 Å². The van der Waals surface area contributed by atoms with Crippen molar-refractivity contribution in [3.63, 3.8) is 0 Å². The molecule has 1 aromatic heterocycles. The van der Waals surface area contributed by atoms with Crippen LogP contribution in [0.3, 0.4) is 0 Å². The molecule has 2 heterocycles. The van der Waals surface area contributed by atoms with Gasteiger partial charge in [0.2, 0.25) is 0 Å². The molecule has 6 nitrogen and oxygen atoms in total. The lowest BCUT2D eigenvalue weighted by molar-refractivity contribution is -0.192. The molecule has 0 amide bonds. The number of methoxy groups -OCH3 is 1. The number of aliphatic carboxylic acids is 1. The van der Waals surface area contributed by atoms with Crippen molar-refractivity contribution in [2.45, 2.75) is 44.6 Å². The number of alkyl halides is 3. The fourth-order valence-electron chi connectivity index (χ4n) is 2.96. The van der Waals surface area contributed by atoms with Crippen LogP contribution < -0.4 is 0 Å². The van der Waals surface area contributed by atoms with Crippen molar-refractivity contribution >= 4 is 5.97 Å². The van der Waals surface area contributed by atoms with E-state index in [2.05, 4.69) is 14.5 Å². The maximum atomic E-state index is 10.6. The molecule has 0 saturated heterocycles. The number of fused-ring (bicyclic) bond motifs is 1. The Morgan fingerprint density at radius 1 is 1.42 bits per heavy atom. The molecule has 1 fully saturated rings. The lowest BCUT2D eigenvalue weighted by atomic mass is 9.90. The minimum atomic E-state index is -5.08. The zero-order chi connectivity index (χ0) is 17.7. The summed E-state index contributed by atoms with van der Waals surface area (Å²) in [6, 6.07) is 0.802. The number of hydrogen-bond acceptors (Lipinski definition) is 4. The molecular weight excluding hydrogens is 327 g/mol. The minimum Gasteiger partial charge on any atom is -0.475 e. The van der Waals surface area contributed by atoms with Crippen molar-refractivity contribution in [2.75, 3.05) is 20.3 Å². The van der Waals surface area contributed by atoms with Crippen molar-refractivity contribution in [1.29, 1.82) is 0 Å². The lowest BCUT2D eigenvalue weighted by Crippen LogP contribution is -2.42. The van der Waals surface area contributed by atoms with Gasteiger partial charge in [-0.05, 0) is 12.8 Å². The van der Waals surface area contributed by atoms with Gasteiger partial charge in [-0.1, -0.05) is 6.42 Å². The van der Waals surface area contributed by atoms with Crippen LogP contribution in [0.25, 0.3) is 0 Å². The number of carboxylic acids is 1. The van der Waals surface area contributed by atoms with Crippen molar-refractivity contribution in [2.24, 2.45) is 5.92 Å². The number of halogens is 3. The molecule has 1 saturated carbocycles. The Hall–Kier alpha value is -1.61. The minimum absolute atomic E-state index is 0.594. The molecule has 136 valence electrons. The average Bonchev–Trinajstić information content (AvgIpc) is 2.77. The second kappa shape index (κ2) is 7.98. The molecule has 24 heavy (non-hydrogen) atoms. The van der Waals surface area contributed by atoms with Crippen LogP contribution in [0.5, 0.6) is 0 Å². The van der Waals surface area contributed by atoms with Crippen LogP contribution in [0, 0.1) is 5.92 Å². The first kappa shape index (κ1) is 18.7. The summed E-state index contributed by atoms with van der Waals surface area (Å²) in [5.41, 5.74) is 1.36. The smallest absolute Gasteiger partial charge is 0.475 e. The van der Waals surface area contributed by atoms with E-state index in [4.69, 9.17) is 14.6 Å². The van der Waals surface area contributed by atoms with E-state index in [0.717, 1.165) is 25.7 Å². The van der Waals surface area contributed by atoms with Gasteiger partial charge in [-0.15, -0.1) is 0 Å². The third kappa shape index (κ3) is 4.94. The summed E-state index contributed by atoms with van der Waals surface area (Å²) in [5, 5.41) is 7.12. The molecule has 1 N–H and O–H groups in total. The Balaban J connectivity index is 0.000000256. The molecule has 3 rings (SSSR count). The number of carbonyl (C=O) groups is 1. The van der Waals surface area contributed by atoms with E-state index < -0.39 is 12.1 Å². The van der Waals surface area contributed by atoms with Crippen molar-refractivity contribution in [1.82, 2.24) is 14.5 Å². The first-order valence-corrected chi connectivity index (χ1v) is 7.83. The lowest BCUT2D eigenvalue weighted by Gasteiger charge is -2.37. The van der Waals surface area contributed by atoms with E-state index in [1.807, 2.05) is 12.5 Å². The number of hydrogen-bond donors (Lipinski definition) is 1. The molecule has 1 aliphatic heterocycles. The number of rotatable bonds is 3. The van der Waals surface area contributed by atoms with Crippen molar-refractivity contribution in [3.8, 4) is 0 Å². The van der Waals surface area contributed by atoms with E-state index in [0.29, 0.717) is 5.92 Å². The monoisotopic (exact) mass is 349 g/mol. The van der Waals surface area contributed by atoms with Crippen molar-refractivity contribution < 1.29 is 27.8 Å². The molecule has 1 unspecified atom stereocenters. The Kier molecular flexibility index (Phi) is 6.22. The van der Waals surface area contributed by atoms with Gasteiger partial charge in [0.15, 0.2) is 0 Å². The Bertz CT molecular complexity index is 544. The quantitative estimate of drug-likeness (QED) is 0.906. The first-order valence-electron chi connectivity index (χ1n) is 7.83. The highest BCUT2D eigenvalue weighted by molar-refractivity contribution is 5.73. The van der Waals surface area contributed by atoms with E-state index >= 15 is 0 Å². The van der Waals surface area contributed by atoms with Crippen LogP contribution in [-0.2, 0) is 22.6 Å². The van der Waals surface area contributed by atoms with Gasteiger partial charge in [0.1, 0.15) is 0 Å². The maximum Gasteiger partial charge on any atom is 0.490 e. The molecule has 0 spiro atoms. The predicted molar refractivity (Wildman–Crippen MR) is 79.3 cm³/mol. The number of nitrogens with zero attached hydrogens (tertiary/aromatic N) is 3. The van der Waals surface area contributed by atoms with Gasteiger partial charge < -0.3 is 14.4 Å². The molecule has 1 aromatic rings. The predicted octanol–water partition coefficient (Wildman–Crippen LogP) is 2.15. The summed E-state index contributed by atoms with van der Waals surface area (Å²) >= 11 is 0. The van der Waals surface area contributed by atoms with Gasteiger partial charge in [-0.25, -0.2) is 9.78 Å². The summed E-state index contributed by atoms with van der Waals surface area (Å²) in [6.45, 7) is 4.12. The largest absolute Gasteiger partial charge is 0.490 e. The summed E-state index contributed by atoms with van der Waals surface area (Å²) in [4.78, 5) is 15.8. The van der Waals surface area contributed by atoms with Gasteiger partial charge >= 0.3 is 12.1 Å². The summed E-state index contributed by atoms with van der Waals surface area (Å²) < 4.78 is 39.4. The highest BCUT2D eigenvalue weighted by Gasteiger charge is 2.38. The van der Waals surface area contributed by atoms with Gasteiger partial charge in [-0.2, -0.15) is 13.2 Å². The van der Waals surface area contributed by atoms with E-state index in [1.165, 1.54) is 31.5 Å². The Morgan fingerprint density at radius 3 is 2.58 bits per heavy atom. The average molecular weight is 349 g/mol. The molecular formula is C15H22F3N3O3. The zero-order valence-electron chi connectivity index (χ0n) is 13.5. The summed E-state index contributed by atoms with van der Waals surface area (Å²) in [7, 11) is 1.80. The molecule has 0 bridgehead atoms. The number of imidazole rings is 1. The maximum absolute atomic E-state index is 10.6. The summed E-state index contributed by atoms with van der Waals surface area (Å²) in [6.07, 6.45) is 3.03. The van der Waals surface area contributed by atoms with Crippen LogP contribution in [0.2, 0.25) is 0 Å². The Labute approximate surface area is 138 Å². The third-order valence-corrected chi connectivity index (χ3v) is 4.35. The topological polar surface area (TPSA) is 67.6 Å². The summed E-state index contributed by atoms with van der Waals surface area (Å²) in [5.74, 6) is -2.16. The number of ether oxygens (including phenoxy) is 1. The second-order valence-corrected chi connectivity index (χ2v) is 6.18. The van der Waals surface area contributed by atoms with Crippen LogP contribution in [-0.4, -0.2) is 58.0 Å². The Morgan fingerprint density at radius 2 is 2.08 bits per heavy atom. The van der Waals surface area contributed by atoms with Crippen LogP contribution in [0.1, 0.15) is 25.0 Å². The molecule has 1 atom stereocenters. The van der Waals surface area contributed by atoms with Crippen molar-refractivity contribution in [3.05, 3.63) is 18.2 Å². The SMILES string of the molecule is COCC1CN(C2CCC2)Cc2cncn2C1.O=C(O)C(F)(F)F. The van der Waals surface area contributed by atoms with Crippen LogP contribution >= 0.6 is 0 Å². The molecule has 0 aromatic carbocycles. The molecule has 1 aliphatic carbocycles. The zero-order valence-corrected chi connectivity index (χ0v) is 13.5. The third-order valence-electron chi connectivity index (χ3n) is 4.35. The van der Waals surface area contributed by atoms with Gasteiger partial charge in [-0.3, -0.25) is 4.90 Å². The fourth-order valence-corrected chi connectivity index (χ4v) is 2.96. The highest BCUT2D eigenvalue weighted by Crippen LogP contribution is 2.29. The van der Waals surface area contributed by atoms with Gasteiger partial charge in [0.25, 0.3) is 0 Å². The molecule has 9 heteroatoms. The van der Waals surface area contributed by atoms with Crippen LogP contribution in [0.4, 0.5) is 13.2 Å². The second-order valence-electron chi connectivity index (χ2n) is 6.18. The highest BCUT2D eigenvalue weighted by atomic mass is 19.4. The van der Waals surface area contributed by atoms with E-state index in [1.54, 1.807) is 7.11 Å². The molecule has 2 aliphatic rings. The molecule has 0 radical (unpaired) electrons. The number of aromatic nitrogens is 2. The normalized spacial score (nSPS) is 21.9. The fraction of sp³-hybridized carbons (Fsp3) is 0.733. The van der Waals surface area contributed by atoms with E-state index in [-0.39, 0.29) is 0 Å². The standard InChI is InChI=1S/C13H21N3O.C2HF3O2/c1-17-9-11-6-15(12-3-2-4-12)8-13-5-14-10-16(13)7-11;3-2(4,5)1(6)7/h5,10-12H,2-4,6-9H2,1H3;(H,6,7). The van der Waals surface area contributed by atoms with Gasteiger partial charge in [0.05, 0.1) is 18.6 Å². The number of carboxylic acid groups (broad SMARTS) is 1.